The predicted octanol–water partition coefficient (Wildman–Crippen LogP) is -0.0381. The zero-order chi connectivity index (χ0) is 11.3. The minimum Gasteiger partial charge on any atom is -0.481 e. The second-order valence-corrected chi connectivity index (χ2v) is 2.69. The van der Waals surface area contributed by atoms with Crippen molar-refractivity contribution in [3.8, 4) is 5.88 Å². The van der Waals surface area contributed by atoms with Crippen molar-refractivity contribution in [2.24, 2.45) is 0 Å². The zero-order valence-electron chi connectivity index (χ0n) is 8.01. The van der Waals surface area contributed by atoms with Crippen molar-refractivity contribution in [3.63, 3.8) is 0 Å². The number of methoxy groups -OCH3 is 1. The third-order valence-corrected chi connectivity index (χ3v) is 1.78. The number of pyridine rings is 1. The Morgan fingerprint density at radius 3 is 2.80 bits per heavy atom. The molecule has 0 fully saturated rings. The number of aliphatic carboxylic acids is 1. The maximum Gasteiger partial charge on any atom is 0.330 e. The molecule has 1 amide bonds. The van der Waals surface area contributed by atoms with Gasteiger partial charge in [-0.05, 0) is 6.07 Å². The second-order valence-electron chi connectivity index (χ2n) is 2.69. The molecule has 0 spiro atoms. The lowest BCUT2D eigenvalue weighted by Crippen LogP contribution is -2.27. The highest BCUT2D eigenvalue weighted by atomic mass is 16.5. The van der Waals surface area contributed by atoms with Crippen LogP contribution in [0.1, 0.15) is 11.6 Å². The van der Waals surface area contributed by atoms with Crippen LogP contribution in [0, 0.1) is 0 Å². The molecular formula is C9H10N2O4. The molecule has 1 atom stereocenters. The lowest BCUT2D eigenvalue weighted by Gasteiger charge is -2.10. The molecule has 1 rings (SSSR count). The molecule has 0 aliphatic heterocycles. The Hall–Kier alpha value is -2.11. The summed E-state index contributed by atoms with van der Waals surface area (Å²) in [5.74, 6) is -0.761. The van der Waals surface area contributed by atoms with Crippen LogP contribution in [0.25, 0.3) is 0 Å². The van der Waals surface area contributed by atoms with Crippen LogP contribution in [-0.4, -0.2) is 29.6 Å². The molecule has 0 saturated carbocycles. The van der Waals surface area contributed by atoms with Gasteiger partial charge in [0.25, 0.3) is 0 Å². The number of carbonyl (C=O) groups is 2. The second kappa shape index (κ2) is 4.94. The van der Waals surface area contributed by atoms with Gasteiger partial charge in [0.15, 0.2) is 6.04 Å². The van der Waals surface area contributed by atoms with Crippen LogP contribution in [0.3, 0.4) is 0 Å². The van der Waals surface area contributed by atoms with E-state index in [0.717, 1.165) is 0 Å². The SMILES string of the molecule is COc1ccc(C(NC=O)C(=O)O)cn1. The van der Waals surface area contributed by atoms with Crippen LogP contribution in [0.15, 0.2) is 18.3 Å². The monoisotopic (exact) mass is 210 g/mol. The third-order valence-electron chi connectivity index (χ3n) is 1.78. The average molecular weight is 210 g/mol. The number of nitrogens with zero attached hydrogens (tertiary/aromatic N) is 1. The van der Waals surface area contributed by atoms with Gasteiger partial charge in [-0.1, -0.05) is 0 Å². The first-order valence-electron chi connectivity index (χ1n) is 4.11. The molecule has 1 aromatic heterocycles. The van der Waals surface area contributed by atoms with Gasteiger partial charge < -0.3 is 15.2 Å². The van der Waals surface area contributed by atoms with E-state index in [4.69, 9.17) is 9.84 Å². The van der Waals surface area contributed by atoms with Gasteiger partial charge in [-0.15, -0.1) is 0 Å². The van der Waals surface area contributed by atoms with Gasteiger partial charge >= 0.3 is 5.97 Å². The first-order valence-corrected chi connectivity index (χ1v) is 4.11. The van der Waals surface area contributed by atoms with Crippen molar-refractivity contribution >= 4 is 12.4 Å². The van der Waals surface area contributed by atoms with E-state index in [1.165, 1.54) is 25.4 Å². The molecule has 0 radical (unpaired) electrons. The summed E-state index contributed by atoms with van der Waals surface area (Å²) < 4.78 is 4.82. The van der Waals surface area contributed by atoms with E-state index >= 15 is 0 Å². The van der Waals surface area contributed by atoms with Crippen molar-refractivity contribution in [1.82, 2.24) is 10.3 Å². The Bertz CT molecular complexity index is 350. The van der Waals surface area contributed by atoms with Crippen LogP contribution in [0.5, 0.6) is 5.88 Å². The molecule has 80 valence electrons. The number of hydrogen-bond donors (Lipinski definition) is 2. The minimum atomic E-state index is -1.14. The molecule has 0 bridgehead atoms. The number of ether oxygens (including phenoxy) is 1. The first kappa shape index (κ1) is 11.0. The molecule has 6 heteroatoms. The highest BCUT2D eigenvalue weighted by molar-refractivity contribution is 5.77. The minimum absolute atomic E-state index is 0.336. The van der Waals surface area contributed by atoms with E-state index in [1.54, 1.807) is 0 Å². The smallest absolute Gasteiger partial charge is 0.330 e. The molecule has 0 aliphatic carbocycles. The number of amides is 1. The van der Waals surface area contributed by atoms with Gasteiger partial charge in [-0.25, -0.2) is 9.78 Å². The topological polar surface area (TPSA) is 88.5 Å². The van der Waals surface area contributed by atoms with Crippen LogP contribution in [-0.2, 0) is 9.59 Å². The summed E-state index contributed by atoms with van der Waals surface area (Å²) in [6, 6.07) is 1.97. The number of hydrogen-bond acceptors (Lipinski definition) is 4. The van der Waals surface area contributed by atoms with Crippen molar-refractivity contribution in [2.45, 2.75) is 6.04 Å². The summed E-state index contributed by atoms with van der Waals surface area (Å²) in [5.41, 5.74) is 0.385. The lowest BCUT2D eigenvalue weighted by molar-refractivity contribution is -0.140. The summed E-state index contributed by atoms with van der Waals surface area (Å²) in [7, 11) is 1.46. The van der Waals surface area contributed by atoms with Gasteiger partial charge in [-0.3, -0.25) is 4.79 Å². The van der Waals surface area contributed by atoms with E-state index in [9.17, 15) is 9.59 Å². The summed E-state index contributed by atoms with van der Waals surface area (Å²) in [6.07, 6.45) is 1.68. The quantitative estimate of drug-likeness (QED) is 0.666. The Kier molecular flexibility index (Phi) is 3.61. The Labute approximate surface area is 85.9 Å². The van der Waals surface area contributed by atoms with E-state index in [0.29, 0.717) is 17.9 Å². The maximum absolute atomic E-state index is 10.8. The summed E-state index contributed by atoms with van der Waals surface area (Å²) in [4.78, 5) is 24.8. The molecule has 1 heterocycles. The molecule has 6 nitrogen and oxygen atoms in total. The van der Waals surface area contributed by atoms with Crippen LogP contribution in [0.4, 0.5) is 0 Å². The molecule has 0 saturated heterocycles. The average Bonchev–Trinajstić information content (AvgIpc) is 2.26. The molecule has 2 N–H and O–H groups in total. The number of carboxylic acids is 1. The maximum atomic E-state index is 10.8. The third kappa shape index (κ3) is 2.67. The fourth-order valence-electron chi connectivity index (χ4n) is 1.06. The molecule has 1 aromatic rings. The van der Waals surface area contributed by atoms with E-state index in [1.807, 2.05) is 0 Å². The van der Waals surface area contributed by atoms with Gasteiger partial charge in [0.1, 0.15) is 0 Å². The number of nitrogens with one attached hydrogen (secondary N) is 1. The predicted molar refractivity (Wildman–Crippen MR) is 50.4 cm³/mol. The molecule has 0 aromatic carbocycles. The van der Waals surface area contributed by atoms with Gasteiger partial charge in [-0.2, -0.15) is 0 Å². The highest BCUT2D eigenvalue weighted by Gasteiger charge is 2.18. The van der Waals surface area contributed by atoms with Crippen molar-refractivity contribution in [3.05, 3.63) is 23.9 Å². The molecular weight excluding hydrogens is 200 g/mol. The van der Waals surface area contributed by atoms with Crippen molar-refractivity contribution in [2.75, 3.05) is 7.11 Å². The Balaban J connectivity index is 2.91. The van der Waals surface area contributed by atoms with E-state index < -0.39 is 12.0 Å². The lowest BCUT2D eigenvalue weighted by atomic mass is 10.1. The zero-order valence-corrected chi connectivity index (χ0v) is 8.01. The first-order chi connectivity index (χ1) is 7.19. The summed E-state index contributed by atoms with van der Waals surface area (Å²) in [5, 5.41) is 11.0. The largest absolute Gasteiger partial charge is 0.481 e. The highest BCUT2D eigenvalue weighted by Crippen LogP contribution is 2.14. The van der Waals surface area contributed by atoms with Crippen molar-refractivity contribution in [1.29, 1.82) is 0 Å². The Morgan fingerprint density at radius 1 is 1.67 bits per heavy atom. The summed E-state index contributed by atoms with van der Waals surface area (Å²) >= 11 is 0. The standard InChI is InChI=1S/C9H10N2O4/c1-15-7-3-2-6(4-10-7)8(9(13)14)11-5-12/h2-5,8H,1H3,(H,11,12)(H,13,14). The molecule has 0 aliphatic rings. The number of aromatic nitrogens is 1. The molecule has 15 heavy (non-hydrogen) atoms. The number of rotatable bonds is 5. The van der Waals surface area contributed by atoms with Crippen LogP contribution in [0.2, 0.25) is 0 Å². The number of carboxylic acid groups (broad SMARTS) is 1. The van der Waals surface area contributed by atoms with E-state index in [2.05, 4.69) is 10.3 Å². The Morgan fingerprint density at radius 2 is 2.40 bits per heavy atom. The van der Waals surface area contributed by atoms with Crippen LogP contribution < -0.4 is 10.1 Å². The van der Waals surface area contributed by atoms with Gasteiger partial charge in [0.05, 0.1) is 7.11 Å². The van der Waals surface area contributed by atoms with Crippen molar-refractivity contribution < 1.29 is 19.4 Å². The summed E-state index contributed by atoms with van der Waals surface area (Å²) in [6.45, 7) is 0. The normalized spacial score (nSPS) is 11.5. The van der Waals surface area contributed by atoms with Gasteiger partial charge in [0.2, 0.25) is 12.3 Å². The van der Waals surface area contributed by atoms with Crippen LogP contribution >= 0.6 is 0 Å². The molecule has 1 unspecified atom stereocenters. The van der Waals surface area contributed by atoms with Gasteiger partial charge in [0, 0.05) is 17.8 Å². The fraction of sp³-hybridized carbons (Fsp3) is 0.222. The van der Waals surface area contributed by atoms with E-state index in [-0.39, 0.29) is 0 Å². The number of carbonyl (C=O) groups excluding carboxylic acids is 1. The fourth-order valence-corrected chi connectivity index (χ4v) is 1.06.